The molecule has 1 unspecified atom stereocenters. The average molecular weight is 332 g/mol. The third-order valence-corrected chi connectivity index (χ3v) is 5.59. The van der Waals surface area contributed by atoms with Crippen molar-refractivity contribution in [1.82, 2.24) is 10.0 Å². The highest BCUT2D eigenvalue weighted by molar-refractivity contribution is 7.99. The molecule has 1 aromatic carbocycles. The van der Waals surface area contributed by atoms with Crippen LogP contribution in [0.15, 0.2) is 23.1 Å². The van der Waals surface area contributed by atoms with Crippen LogP contribution >= 0.6 is 11.8 Å². The van der Waals surface area contributed by atoms with Gasteiger partial charge in [-0.3, -0.25) is 0 Å². The van der Waals surface area contributed by atoms with E-state index < -0.39 is 10.0 Å². The Morgan fingerprint density at radius 3 is 2.67 bits per heavy atom. The lowest BCUT2D eigenvalue weighted by Gasteiger charge is -2.15. The lowest BCUT2D eigenvalue weighted by atomic mass is 10.2. The lowest BCUT2D eigenvalue weighted by molar-refractivity contribution is 0.408. The molecule has 0 aromatic heterocycles. The van der Waals surface area contributed by atoms with Gasteiger partial charge in [0, 0.05) is 23.9 Å². The first-order chi connectivity index (χ1) is 9.94. The summed E-state index contributed by atoms with van der Waals surface area (Å²) in [5, 5.41) is 3.01. The maximum Gasteiger partial charge on any atom is 0.240 e. The fourth-order valence-corrected chi connectivity index (χ4v) is 3.98. The van der Waals surface area contributed by atoms with Crippen LogP contribution < -0.4 is 14.8 Å². The molecule has 0 saturated heterocycles. The van der Waals surface area contributed by atoms with Crippen molar-refractivity contribution in [2.45, 2.75) is 31.3 Å². The second-order valence-electron chi connectivity index (χ2n) is 4.69. The van der Waals surface area contributed by atoms with Crippen molar-refractivity contribution in [3.63, 3.8) is 0 Å². The molecule has 1 atom stereocenters. The summed E-state index contributed by atoms with van der Waals surface area (Å²) in [5.41, 5.74) is 0.818. The van der Waals surface area contributed by atoms with E-state index in [0.717, 1.165) is 17.1 Å². The average Bonchev–Trinajstić information content (AvgIpc) is 2.45. The second-order valence-corrected chi connectivity index (χ2v) is 7.72. The Labute approximate surface area is 131 Å². The fraction of sp³-hybridized carbons (Fsp3) is 0.571. The molecule has 0 aliphatic carbocycles. The fourth-order valence-electron chi connectivity index (χ4n) is 1.91. The van der Waals surface area contributed by atoms with Crippen molar-refractivity contribution in [2.75, 3.05) is 25.7 Å². The van der Waals surface area contributed by atoms with Crippen LogP contribution in [-0.2, 0) is 16.6 Å². The summed E-state index contributed by atoms with van der Waals surface area (Å²) in [7, 11) is -0.120. The number of nitrogens with one attached hydrogen (secondary N) is 2. The third-order valence-electron chi connectivity index (χ3n) is 2.86. The summed E-state index contributed by atoms with van der Waals surface area (Å²) in [6.07, 6.45) is 0. The molecule has 0 saturated carbocycles. The van der Waals surface area contributed by atoms with Crippen LogP contribution in [0.2, 0.25) is 0 Å². The molecule has 5 nitrogen and oxygen atoms in total. The van der Waals surface area contributed by atoms with Crippen LogP contribution in [0.25, 0.3) is 0 Å². The van der Waals surface area contributed by atoms with Gasteiger partial charge in [0.15, 0.2) is 0 Å². The van der Waals surface area contributed by atoms with E-state index in [1.54, 1.807) is 37.1 Å². The van der Waals surface area contributed by atoms with Gasteiger partial charge in [-0.1, -0.05) is 6.92 Å². The minimum Gasteiger partial charge on any atom is -0.496 e. The molecule has 0 radical (unpaired) electrons. The zero-order valence-electron chi connectivity index (χ0n) is 13.0. The molecule has 21 heavy (non-hydrogen) atoms. The summed E-state index contributed by atoms with van der Waals surface area (Å²) in [6.45, 7) is 4.48. The molecule has 1 aromatic rings. The number of thioether (sulfide) groups is 1. The Morgan fingerprint density at radius 2 is 2.10 bits per heavy atom. The van der Waals surface area contributed by atoms with Crippen LogP contribution in [0.4, 0.5) is 0 Å². The van der Waals surface area contributed by atoms with Crippen LogP contribution in [0, 0.1) is 0 Å². The minimum atomic E-state index is -3.50. The molecule has 0 bridgehead atoms. The molecular formula is C14H24N2O3S2. The maximum atomic E-state index is 12.4. The Morgan fingerprint density at radius 1 is 1.38 bits per heavy atom. The van der Waals surface area contributed by atoms with E-state index in [4.69, 9.17) is 4.74 Å². The van der Waals surface area contributed by atoms with Crippen LogP contribution in [0.1, 0.15) is 19.4 Å². The Bertz CT molecular complexity index is 547. The van der Waals surface area contributed by atoms with Gasteiger partial charge in [-0.15, -0.1) is 0 Å². The van der Waals surface area contributed by atoms with Crippen LogP contribution in [-0.4, -0.2) is 40.1 Å². The topological polar surface area (TPSA) is 67.4 Å². The SMILES string of the molecule is CCSCC(C)NS(=O)(=O)c1ccc(OC)c(CNC)c1. The summed E-state index contributed by atoms with van der Waals surface area (Å²) in [4.78, 5) is 0.266. The third kappa shape index (κ3) is 5.50. The van der Waals surface area contributed by atoms with E-state index >= 15 is 0 Å². The summed E-state index contributed by atoms with van der Waals surface area (Å²) >= 11 is 1.71. The number of rotatable bonds is 9. The van der Waals surface area contributed by atoms with Gasteiger partial charge in [0.25, 0.3) is 0 Å². The smallest absolute Gasteiger partial charge is 0.240 e. The first-order valence-electron chi connectivity index (χ1n) is 6.86. The van der Waals surface area contributed by atoms with E-state index in [9.17, 15) is 8.42 Å². The molecule has 0 aliphatic heterocycles. The highest BCUT2D eigenvalue weighted by atomic mass is 32.2. The Kier molecular flexibility index (Phi) is 7.51. The van der Waals surface area contributed by atoms with Gasteiger partial charge in [-0.05, 0) is 37.9 Å². The van der Waals surface area contributed by atoms with Crippen molar-refractivity contribution in [3.8, 4) is 5.75 Å². The standard InChI is InChI=1S/C14H24N2O3S2/c1-5-20-10-11(2)16-21(17,18)13-6-7-14(19-4)12(8-13)9-15-3/h6-8,11,15-16H,5,9-10H2,1-4H3. The molecule has 1 rings (SSSR count). The monoisotopic (exact) mass is 332 g/mol. The maximum absolute atomic E-state index is 12.4. The van der Waals surface area contributed by atoms with Gasteiger partial charge in [0.2, 0.25) is 10.0 Å². The molecule has 0 fully saturated rings. The van der Waals surface area contributed by atoms with E-state index in [1.807, 2.05) is 14.0 Å². The van der Waals surface area contributed by atoms with Crippen LogP contribution in [0.3, 0.4) is 0 Å². The first-order valence-corrected chi connectivity index (χ1v) is 9.50. The number of hydrogen-bond acceptors (Lipinski definition) is 5. The minimum absolute atomic E-state index is 0.102. The van der Waals surface area contributed by atoms with Crippen molar-refractivity contribution < 1.29 is 13.2 Å². The van der Waals surface area contributed by atoms with Crippen LogP contribution in [0.5, 0.6) is 5.75 Å². The molecule has 0 aliphatic rings. The lowest BCUT2D eigenvalue weighted by Crippen LogP contribution is -2.34. The van der Waals surface area contributed by atoms with Gasteiger partial charge in [0.1, 0.15) is 5.75 Å². The predicted molar refractivity (Wildman–Crippen MR) is 88.5 cm³/mol. The quantitative estimate of drug-likeness (QED) is 0.722. The van der Waals surface area contributed by atoms with Gasteiger partial charge < -0.3 is 10.1 Å². The van der Waals surface area contributed by atoms with Gasteiger partial charge in [-0.25, -0.2) is 13.1 Å². The normalized spacial score (nSPS) is 13.1. The molecule has 7 heteroatoms. The molecule has 0 spiro atoms. The largest absolute Gasteiger partial charge is 0.496 e. The van der Waals surface area contributed by atoms with Crippen molar-refractivity contribution in [3.05, 3.63) is 23.8 Å². The van der Waals surface area contributed by atoms with E-state index in [1.165, 1.54) is 0 Å². The van der Waals surface area contributed by atoms with E-state index in [-0.39, 0.29) is 10.9 Å². The summed E-state index contributed by atoms with van der Waals surface area (Å²) in [6, 6.07) is 4.80. The molecule has 0 heterocycles. The number of benzene rings is 1. The number of hydrogen-bond donors (Lipinski definition) is 2. The van der Waals surface area contributed by atoms with Gasteiger partial charge in [-0.2, -0.15) is 11.8 Å². The summed E-state index contributed by atoms with van der Waals surface area (Å²) in [5.74, 6) is 2.41. The summed E-state index contributed by atoms with van der Waals surface area (Å²) < 4.78 is 32.7. The molecular weight excluding hydrogens is 308 g/mol. The Hall–Kier alpha value is -0.760. The van der Waals surface area contributed by atoms with E-state index in [0.29, 0.717) is 12.3 Å². The first kappa shape index (κ1) is 18.3. The predicted octanol–water partition coefficient (Wildman–Crippen LogP) is 1.83. The highest BCUT2D eigenvalue weighted by Crippen LogP contribution is 2.22. The van der Waals surface area contributed by atoms with Gasteiger partial charge in [0.05, 0.1) is 12.0 Å². The Balaban J connectivity index is 2.94. The van der Waals surface area contributed by atoms with Crippen molar-refractivity contribution in [1.29, 1.82) is 0 Å². The second kappa shape index (κ2) is 8.63. The number of methoxy groups -OCH3 is 1. The molecule has 2 N–H and O–H groups in total. The highest BCUT2D eigenvalue weighted by Gasteiger charge is 2.18. The van der Waals surface area contributed by atoms with Crippen molar-refractivity contribution in [2.24, 2.45) is 0 Å². The molecule has 0 amide bonds. The van der Waals surface area contributed by atoms with Crippen molar-refractivity contribution >= 4 is 21.8 Å². The number of ether oxygens (including phenoxy) is 1. The van der Waals surface area contributed by atoms with Gasteiger partial charge >= 0.3 is 0 Å². The zero-order valence-corrected chi connectivity index (χ0v) is 14.6. The number of sulfonamides is 1. The van der Waals surface area contributed by atoms with E-state index in [2.05, 4.69) is 17.0 Å². The molecule has 120 valence electrons. The zero-order chi connectivity index (χ0) is 15.9.